The zero-order valence-electron chi connectivity index (χ0n) is 14.1. The van der Waals surface area contributed by atoms with Crippen molar-refractivity contribution in [2.75, 3.05) is 31.9 Å². The number of anilines is 1. The zero-order valence-corrected chi connectivity index (χ0v) is 14.1. The molecule has 1 aromatic carbocycles. The molecule has 1 aliphatic heterocycles. The van der Waals surface area contributed by atoms with Crippen molar-refractivity contribution in [1.82, 2.24) is 9.80 Å². The van der Waals surface area contributed by atoms with Crippen LogP contribution >= 0.6 is 0 Å². The largest absolute Gasteiger partial charge is 0.444 e. The molecule has 0 saturated carbocycles. The van der Waals surface area contributed by atoms with Crippen molar-refractivity contribution >= 4 is 11.8 Å². The van der Waals surface area contributed by atoms with Crippen molar-refractivity contribution in [2.24, 2.45) is 0 Å². The van der Waals surface area contributed by atoms with Gasteiger partial charge in [0.2, 0.25) is 0 Å². The second kappa shape index (κ2) is 6.93. The maximum Gasteiger partial charge on any atom is 0.410 e. The average Bonchev–Trinajstić information content (AvgIpc) is 2.45. The Bertz CT molecular complexity index is 606. The molecule has 1 heterocycles. The Hall–Kier alpha value is -2.19. The third-order valence-electron chi connectivity index (χ3n) is 3.61. The van der Waals surface area contributed by atoms with Gasteiger partial charge in [-0.05, 0) is 44.5 Å². The molecule has 0 unspecified atom stereocenters. The highest BCUT2D eigenvalue weighted by molar-refractivity contribution is 5.68. The topological polar surface area (TPSA) is 58.8 Å². The average molecular weight is 315 g/mol. The summed E-state index contributed by atoms with van der Waals surface area (Å²) in [5, 5.41) is 0. The van der Waals surface area contributed by atoms with Gasteiger partial charge >= 0.3 is 6.09 Å². The molecule has 0 atom stereocenters. The van der Waals surface area contributed by atoms with Crippen LogP contribution < -0.4 is 5.73 Å². The van der Waals surface area contributed by atoms with Gasteiger partial charge in [0.1, 0.15) is 5.60 Å². The number of carbonyl (C=O) groups excluding carboxylic acids is 1. The smallest absolute Gasteiger partial charge is 0.410 e. The number of benzene rings is 1. The lowest BCUT2D eigenvalue weighted by Gasteiger charge is -2.35. The predicted octanol–water partition coefficient (Wildman–Crippen LogP) is 2.30. The molecule has 0 bridgehead atoms. The Balaban J connectivity index is 1.89. The van der Waals surface area contributed by atoms with Gasteiger partial charge in [0.05, 0.1) is 0 Å². The maximum atomic E-state index is 12.1. The Kier molecular flexibility index (Phi) is 5.17. The number of piperazine rings is 1. The number of hydrogen-bond acceptors (Lipinski definition) is 4. The lowest BCUT2D eigenvalue weighted by atomic mass is 10.1. The minimum absolute atomic E-state index is 0.240. The fraction of sp³-hybridized carbons (Fsp3) is 0.500. The Morgan fingerprint density at radius 2 is 1.91 bits per heavy atom. The monoisotopic (exact) mass is 315 g/mol. The lowest BCUT2D eigenvalue weighted by Crippen LogP contribution is -2.49. The predicted molar refractivity (Wildman–Crippen MR) is 91.9 cm³/mol. The van der Waals surface area contributed by atoms with E-state index in [0.29, 0.717) is 18.8 Å². The highest BCUT2D eigenvalue weighted by Gasteiger charge is 2.25. The molecule has 0 radical (unpaired) electrons. The molecule has 0 aromatic heterocycles. The molecule has 1 fully saturated rings. The normalized spacial score (nSPS) is 16.0. The van der Waals surface area contributed by atoms with Gasteiger partial charge in [0.15, 0.2) is 0 Å². The van der Waals surface area contributed by atoms with Crippen LogP contribution in [0.5, 0.6) is 0 Å². The number of ether oxygens (including phenoxy) is 1. The molecule has 124 valence electrons. The first-order chi connectivity index (χ1) is 10.8. The van der Waals surface area contributed by atoms with E-state index < -0.39 is 5.60 Å². The summed E-state index contributed by atoms with van der Waals surface area (Å²) in [6, 6.07) is 5.72. The Morgan fingerprint density at radius 3 is 2.48 bits per heavy atom. The third-order valence-corrected chi connectivity index (χ3v) is 3.61. The van der Waals surface area contributed by atoms with Crippen LogP contribution in [0.2, 0.25) is 0 Å². The van der Waals surface area contributed by atoms with Crippen molar-refractivity contribution in [3.05, 3.63) is 29.3 Å². The number of nitrogen functional groups attached to an aromatic ring is 1. The summed E-state index contributed by atoms with van der Waals surface area (Å²) in [6.07, 6.45) is 5.21. The van der Waals surface area contributed by atoms with Gasteiger partial charge in [-0.3, -0.25) is 4.90 Å². The number of terminal acetylenes is 1. The summed E-state index contributed by atoms with van der Waals surface area (Å²) < 4.78 is 5.41. The van der Waals surface area contributed by atoms with Gasteiger partial charge in [0, 0.05) is 44.0 Å². The van der Waals surface area contributed by atoms with E-state index in [1.807, 2.05) is 32.9 Å². The highest BCUT2D eigenvalue weighted by Crippen LogP contribution is 2.16. The van der Waals surface area contributed by atoms with E-state index in [-0.39, 0.29) is 6.09 Å². The zero-order chi connectivity index (χ0) is 17.0. The van der Waals surface area contributed by atoms with Crippen molar-refractivity contribution in [1.29, 1.82) is 0 Å². The van der Waals surface area contributed by atoms with Crippen molar-refractivity contribution in [3.8, 4) is 12.3 Å². The Labute approximate surface area is 138 Å². The summed E-state index contributed by atoms with van der Waals surface area (Å²) in [7, 11) is 0. The number of nitrogens with zero attached hydrogens (tertiary/aromatic N) is 2. The SMILES string of the molecule is C#Cc1cc(N)cc(CN2CCN(C(=O)OC(C)(C)C)CC2)c1. The minimum atomic E-state index is -0.457. The number of amides is 1. The van der Waals surface area contributed by atoms with Gasteiger partial charge in [-0.2, -0.15) is 0 Å². The van der Waals surface area contributed by atoms with Gasteiger partial charge in [-0.15, -0.1) is 6.42 Å². The first-order valence-electron chi connectivity index (χ1n) is 7.83. The number of nitrogens with two attached hydrogens (primary N) is 1. The van der Waals surface area contributed by atoms with Gasteiger partial charge in [-0.25, -0.2) is 4.79 Å². The van der Waals surface area contributed by atoms with Crippen LogP contribution in [0.1, 0.15) is 31.9 Å². The van der Waals surface area contributed by atoms with Crippen LogP contribution in [-0.2, 0) is 11.3 Å². The van der Waals surface area contributed by atoms with Crippen molar-refractivity contribution < 1.29 is 9.53 Å². The van der Waals surface area contributed by atoms with Crippen LogP contribution in [0.25, 0.3) is 0 Å². The molecule has 23 heavy (non-hydrogen) atoms. The highest BCUT2D eigenvalue weighted by atomic mass is 16.6. The van der Waals surface area contributed by atoms with E-state index in [2.05, 4.69) is 10.8 Å². The van der Waals surface area contributed by atoms with Crippen LogP contribution in [0.4, 0.5) is 10.5 Å². The first-order valence-corrected chi connectivity index (χ1v) is 7.83. The molecule has 1 amide bonds. The van der Waals surface area contributed by atoms with E-state index in [1.54, 1.807) is 11.0 Å². The lowest BCUT2D eigenvalue weighted by molar-refractivity contribution is 0.0139. The fourth-order valence-electron chi connectivity index (χ4n) is 2.57. The van der Waals surface area contributed by atoms with E-state index in [0.717, 1.165) is 30.8 Å². The summed E-state index contributed by atoms with van der Waals surface area (Å²) in [6.45, 7) is 9.36. The van der Waals surface area contributed by atoms with Crippen molar-refractivity contribution in [3.63, 3.8) is 0 Å². The van der Waals surface area contributed by atoms with Gasteiger partial charge < -0.3 is 15.4 Å². The Morgan fingerprint density at radius 1 is 1.26 bits per heavy atom. The molecule has 2 N–H and O–H groups in total. The first kappa shape index (κ1) is 17.2. The maximum absolute atomic E-state index is 12.1. The van der Waals surface area contributed by atoms with Crippen LogP contribution in [0.3, 0.4) is 0 Å². The minimum Gasteiger partial charge on any atom is -0.444 e. The summed E-state index contributed by atoms with van der Waals surface area (Å²) in [5.74, 6) is 2.62. The number of carbonyl (C=O) groups is 1. The van der Waals surface area contributed by atoms with E-state index in [4.69, 9.17) is 16.9 Å². The molecule has 1 aromatic rings. The van der Waals surface area contributed by atoms with Gasteiger partial charge in [0.25, 0.3) is 0 Å². The quantitative estimate of drug-likeness (QED) is 0.672. The summed E-state index contributed by atoms with van der Waals surface area (Å²) >= 11 is 0. The van der Waals surface area contributed by atoms with E-state index >= 15 is 0 Å². The molecule has 1 aliphatic rings. The van der Waals surface area contributed by atoms with Gasteiger partial charge in [-0.1, -0.05) is 5.92 Å². The second-order valence-electron chi connectivity index (χ2n) is 6.85. The molecule has 5 heteroatoms. The molecule has 1 saturated heterocycles. The third kappa shape index (κ3) is 5.19. The number of hydrogen-bond donors (Lipinski definition) is 1. The van der Waals surface area contributed by atoms with Crippen LogP contribution in [0.15, 0.2) is 18.2 Å². The van der Waals surface area contributed by atoms with E-state index in [9.17, 15) is 4.79 Å². The molecular weight excluding hydrogens is 290 g/mol. The van der Waals surface area contributed by atoms with Crippen LogP contribution in [-0.4, -0.2) is 47.7 Å². The summed E-state index contributed by atoms with van der Waals surface area (Å²) in [5.41, 5.74) is 8.00. The molecular formula is C18H25N3O2. The van der Waals surface area contributed by atoms with E-state index in [1.165, 1.54) is 0 Å². The second-order valence-corrected chi connectivity index (χ2v) is 6.85. The molecule has 2 rings (SSSR count). The standard InChI is InChI=1S/C18H25N3O2/c1-5-14-10-15(12-16(19)11-14)13-20-6-8-21(9-7-20)17(22)23-18(2,3)4/h1,10-12H,6-9,13,19H2,2-4H3. The molecule has 0 spiro atoms. The number of rotatable bonds is 2. The molecule has 0 aliphatic carbocycles. The van der Waals surface area contributed by atoms with Crippen molar-refractivity contribution in [2.45, 2.75) is 32.9 Å². The molecule has 5 nitrogen and oxygen atoms in total. The van der Waals surface area contributed by atoms with Crippen LogP contribution in [0, 0.1) is 12.3 Å². The summed E-state index contributed by atoms with van der Waals surface area (Å²) in [4.78, 5) is 16.1. The fourth-order valence-corrected chi connectivity index (χ4v) is 2.57.